The van der Waals surface area contributed by atoms with Crippen LogP contribution < -0.4 is 5.32 Å². The van der Waals surface area contributed by atoms with Gasteiger partial charge in [0.2, 0.25) is 0 Å². The van der Waals surface area contributed by atoms with Crippen LogP contribution in [-0.2, 0) is 0 Å². The molecule has 1 heterocycles. The Labute approximate surface area is 118 Å². The van der Waals surface area contributed by atoms with Crippen LogP contribution >= 0.6 is 0 Å². The maximum absolute atomic E-state index is 4.42. The van der Waals surface area contributed by atoms with Crippen molar-refractivity contribution < 1.29 is 0 Å². The second kappa shape index (κ2) is 5.29. The highest BCUT2D eigenvalue weighted by molar-refractivity contribution is 6.00. The number of aryl methyl sites for hydroxylation is 1. The fourth-order valence-electron chi connectivity index (χ4n) is 2.41. The number of fused-ring (bicyclic) bond motifs is 1. The molecule has 0 atom stereocenters. The van der Waals surface area contributed by atoms with Gasteiger partial charge in [-0.3, -0.25) is 0 Å². The van der Waals surface area contributed by atoms with E-state index in [2.05, 4.69) is 65.8 Å². The monoisotopic (exact) mass is 263 g/mol. The Morgan fingerprint density at radius 2 is 1.75 bits per heavy atom. The Hall–Kier alpha value is -2.42. The van der Waals surface area contributed by atoms with Crippen LogP contribution in [-0.4, -0.2) is 16.7 Å². The minimum Gasteiger partial charge on any atom is -0.368 e. The normalized spacial score (nSPS) is 10.7. The van der Waals surface area contributed by atoms with E-state index in [0.717, 1.165) is 34.4 Å². The minimum atomic E-state index is 0.836. The van der Waals surface area contributed by atoms with E-state index in [1.807, 2.05) is 12.1 Å². The molecule has 3 aromatic rings. The van der Waals surface area contributed by atoms with Crippen LogP contribution in [0.25, 0.3) is 22.0 Å². The van der Waals surface area contributed by atoms with Crippen molar-refractivity contribution >= 4 is 16.6 Å². The molecule has 0 bridgehead atoms. The van der Waals surface area contributed by atoms with Gasteiger partial charge in [-0.25, -0.2) is 0 Å². The van der Waals surface area contributed by atoms with Gasteiger partial charge in [-0.1, -0.05) is 48.0 Å². The zero-order chi connectivity index (χ0) is 13.9. The second-order valence-corrected chi connectivity index (χ2v) is 4.84. The van der Waals surface area contributed by atoms with Gasteiger partial charge in [0.05, 0.1) is 0 Å². The minimum absolute atomic E-state index is 0.836. The van der Waals surface area contributed by atoms with Crippen molar-refractivity contribution in [3.63, 3.8) is 0 Å². The first-order valence-electron chi connectivity index (χ1n) is 6.86. The van der Waals surface area contributed by atoms with E-state index in [-0.39, 0.29) is 0 Å². The van der Waals surface area contributed by atoms with Crippen molar-refractivity contribution in [2.24, 2.45) is 0 Å². The van der Waals surface area contributed by atoms with Crippen LogP contribution in [0, 0.1) is 6.92 Å². The standard InChI is InChI=1S/C17H17N3/c1-3-18-17-15-10-5-4-9-14(15)16(19-20-17)13-8-6-7-12(2)11-13/h4-11H,3H2,1-2H3,(H,18,20). The van der Waals surface area contributed by atoms with Crippen LogP contribution in [0.4, 0.5) is 5.82 Å². The number of anilines is 1. The molecule has 3 rings (SSSR count). The Balaban J connectivity index is 2.25. The number of hydrogen-bond acceptors (Lipinski definition) is 3. The predicted molar refractivity (Wildman–Crippen MR) is 83.9 cm³/mol. The molecule has 2 aromatic carbocycles. The molecule has 0 aliphatic rings. The molecule has 3 nitrogen and oxygen atoms in total. The number of benzene rings is 2. The summed E-state index contributed by atoms with van der Waals surface area (Å²) in [5.41, 5.74) is 3.27. The van der Waals surface area contributed by atoms with Gasteiger partial charge in [0.25, 0.3) is 0 Å². The fraction of sp³-hybridized carbons (Fsp3) is 0.176. The molecule has 3 heteroatoms. The topological polar surface area (TPSA) is 37.8 Å². The maximum Gasteiger partial charge on any atom is 0.156 e. The van der Waals surface area contributed by atoms with Crippen LogP contribution in [0.3, 0.4) is 0 Å². The van der Waals surface area contributed by atoms with Gasteiger partial charge in [-0.2, -0.15) is 0 Å². The summed E-state index contributed by atoms with van der Waals surface area (Å²) in [5.74, 6) is 0.847. The van der Waals surface area contributed by atoms with E-state index < -0.39 is 0 Å². The summed E-state index contributed by atoms with van der Waals surface area (Å²) in [6.45, 7) is 4.99. The molecular formula is C17H17N3. The summed E-state index contributed by atoms with van der Waals surface area (Å²) in [6, 6.07) is 16.6. The zero-order valence-electron chi connectivity index (χ0n) is 11.7. The molecule has 0 aliphatic heterocycles. The molecule has 0 radical (unpaired) electrons. The molecule has 0 fully saturated rings. The third-order valence-electron chi connectivity index (χ3n) is 3.32. The lowest BCUT2D eigenvalue weighted by atomic mass is 10.0. The Morgan fingerprint density at radius 1 is 0.950 bits per heavy atom. The predicted octanol–water partition coefficient (Wildman–Crippen LogP) is 4.04. The first kappa shape index (κ1) is 12.6. The zero-order valence-corrected chi connectivity index (χ0v) is 11.7. The summed E-state index contributed by atoms with van der Waals surface area (Å²) < 4.78 is 0. The number of rotatable bonds is 3. The summed E-state index contributed by atoms with van der Waals surface area (Å²) in [5, 5.41) is 14.3. The van der Waals surface area contributed by atoms with Gasteiger partial charge in [-0.05, 0) is 19.9 Å². The van der Waals surface area contributed by atoms with Gasteiger partial charge in [0.15, 0.2) is 5.82 Å². The molecule has 100 valence electrons. The lowest BCUT2D eigenvalue weighted by molar-refractivity contribution is 1.03. The second-order valence-electron chi connectivity index (χ2n) is 4.84. The molecule has 0 aliphatic carbocycles. The van der Waals surface area contributed by atoms with Crippen molar-refractivity contribution in [2.75, 3.05) is 11.9 Å². The first-order chi connectivity index (χ1) is 9.79. The van der Waals surface area contributed by atoms with Crippen molar-refractivity contribution in [1.29, 1.82) is 0 Å². The van der Waals surface area contributed by atoms with E-state index in [9.17, 15) is 0 Å². The molecule has 20 heavy (non-hydrogen) atoms. The highest BCUT2D eigenvalue weighted by atomic mass is 15.2. The SMILES string of the molecule is CCNc1nnc(-c2cccc(C)c2)c2ccccc12. The van der Waals surface area contributed by atoms with E-state index in [1.165, 1.54) is 5.56 Å². The Bertz CT molecular complexity index is 750. The molecule has 1 N–H and O–H groups in total. The summed E-state index contributed by atoms with van der Waals surface area (Å²) in [7, 11) is 0. The smallest absolute Gasteiger partial charge is 0.156 e. The van der Waals surface area contributed by atoms with Crippen molar-refractivity contribution in [2.45, 2.75) is 13.8 Å². The lowest BCUT2D eigenvalue weighted by Crippen LogP contribution is -2.02. The van der Waals surface area contributed by atoms with E-state index >= 15 is 0 Å². The van der Waals surface area contributed by atoms with Gasteiger partial charge in [0, 0.05) is 22.9 Å². The van der Waals surface area contributed by atoms with E-state index in [0.29, 0.717) is 0 Å². The Kier molecular flexibility index (Phi) is 3.33. The lowest BCUT2D eigenvalue weighted by Gasteiger charge is -2.10. The third-order valence-corrected chi connectivity index (χ3v) is 3.32. The van der Waals surface area contributed by atoms with Crippen LogP contribution in [0.15, 0.2) is 48.5 Å². The van der Waals surface area contributed by atoms with Crippen LogP contribution in [0.1, 0.15) is 12.5 Å². The molecule has 0 unspecified atom stereocenters. The Morgan fingerprint density at radius 3 is 2.50 bits per heavy atom. The van der Waals surface area contributed by atoms with Gasteiger partial charge in [0.1, 0.15) is 5.69 Å². The third kappa shape index (κ3) is 2.23. The van der Waals surface area contributed by atoms with Crippen LogP contribution in [0.5, 0.6) is 0 Å². The average Bonchev–Trinajstić information content (AvgIpc) is 2.48. The highest BCUT2D eigenvalue weighted by Gasteiger charge is 2.10. The molecule has 0 saturated heterocycles. The quantitative estimate of drug-likeness (QED) is 0.775. The average molecular weight is 263 g/mol. The number of aromatic nitrogens is 2. The summed E-state index contributed by atoms with van der Waals surface area (Å²) in [6.07, 6.45) is 0. The van der Waals surface area contributed by atoms with Crippen molar-refractivity contribution in [3.05, 3.63) is 54.1 Å². The first-order valence-corrected chi connectivity index (χ1v) is 6.86. The molecular weight excluding hydrogens is 246 g/mol. The van der Waals surface area contributed by atoms with Gasteiger partial charge < -0.3 is 5.32 Å². The fourth-order valence-corrected chi connectivity index (χ4v) is 2.41. The molecule has 0 amide bonds. The van der Waals surface area contributed by atoms with E-state index in [1.54, 1.807) is 0 Å². The van der Waals surface area contributed by atoms with Gasteiger partial charge in [-0.15, -0.1) is 10.2 Å². The number of hydrogen-bond donors (Lipinski definition) is 1. The van der Waals surface area contributed by atoms with Crippen molar-refractivity contribution in [1.82, 2.24) is 10.2 Å². The number of nitrogens with zero attached hydrogens (tertiary/aromatic N) is 2. The molecule has 0 saturated carbocycles. The van der Waals surface area contributed by atoms with Gasteiger partial charge >= 0.3 is 0 Å². The molecule has 0 spiro atoms. The highest BCUT2D eigenvalue weighted by Crippen LogP contribution is 2.29. The summed E-state index contributed by atoms with van der Waals surface area (Å²) in [4.78, 5) is 0. The maximum atomic E-state index is 4.42. The van der Waals surface area contributed by atoms with E-state index in [4.69, 9.17) is 0 Å². The summed E-state index contributed by atoms with van der Waals surface area (Å²) >= 11 is 0. The molecule has 1 aromatic heterocycles. The van der Waals surface area contributed by atoms with Crippen molar-refractivity contribution in [3.8, 4) is 11.3 Å². The van der Waals surface area contributed by atoms with Crippen LogP contribution in [0.2, 0.25) is 0 Å². The number of nitrogens with one attached hydrogen (secondary N) is 1. The largest absolute Gasteiger partial charge is 0.368 e.